The van der Waals surface area contributed by atoms with Gasteiger partial charge in [0, 0.05) is 17.7 Å². The Morgan fingerprint density at radius 1 is 1.34 bits per heavy atom. The topological polar surface area (TPSA) is 96.2 Å². The van der Waals surface area contributed by atoms with E-state index in [0.29, 0.717) is 32.6 Å². The lowest BCUT2D eigenvalue weighted by atomic mass is 9.98. The summed E-state index contributed by atoms with van der Waals surface area (Å²) in [6, 6.07) is 8.79. The Balaban J connectivity index is 1.88. The quantitative estimate of drug-likeness (QED) is 0.487. The zero-order valence-corrected chi connectivity index (χ0v) is 16.9. The number of nitrogens with one attached hydrogen (secondary N) is 1. The standard InChI is InChI=1S/C19H20ClFN6O2/c1-11(2)27(29)19(28)22-10-13-8-7-12(9-16(13)21)14-5-4-6-15(20)17(14)18-23-25-26(3)24-18/h4-9,11,29H,10H2,1-3H3,(H,22,28). The van der Waals surface area contributed by atoms with Crippen molar-refractivity contribution in [1.29, 1.82) is 0 Å². The number of urea groups is 1. The Hall–Kier alpha value is -3.04. The van der Waals surface area contributed by atoms with Crippen LogP contribution < -0.4 is 5.32 Å². The SMILES string of the molecule is CC(C)N(O)C(=O)NCc1ccc(-c2cccc(Cl)c2-c2nnn(C)n2)cc1F. The number of benzene rings is 2. The minimum Gasteiger partial charge on any atom is -0.332 e. The van der Waals surface area contributed by atoms with E-state index in [1.54, 1.807) is 51.2 Å². The van der Waals surface area contributed by atoms with Crippen LogP contribution in [0.5, 0.6) is 0 Å². The maximum Gasteiger partial charge on any atom is 0.341 e. The van der Waals surface area contributed by atoms with E-state index < -0.39 is 17.9 Å². The summed E-state index contributed by atoms with van der Waals surface area (Å²) in [7, 11) is 1.64. The summed E-state index contributed by atoms with van der Waals surface area (Å²) in [5, 5.41) is 25.1. The van der Waals surface area contributed by atoms with Gasteiger partial charge in [-0.15, -0.1) is 10.2 Å². The average molecular weight is 419 g/mol. The second-order valence-electron chi connectivity index (χ2n) is 6.67. The lowest BCUT2D eigenvalue weighted by Gasteiger charge is -2.19. The number of carbonyl (C=O) groups is 1. The minimum absolute atomic E-state index is 0.0666. The van der Waals surface area contributed by atoms with Crippen molar-refractivity contribution in [3.05, 3.63) is 52.8 Å². The van der Waals surface area contributed by atoms with Crippen LogP contribution in [0.15, 0.2) is 36.4 Å². The van der Waals surface area contributed by atoms with Crippen LogP contribution >= 0.6 is 11.6 Å². The Bertz CT molecular complexity index is 1040. The van der Waals surface area contributed by atoms with E-state index in [0.717, 1.165) is 0 Å². The Morgan fingerprint density at radius 2 is 2.10 bits per heavy atom. The molecule has 0 fully saturated rings. The van der Waals surface area contributed by atoms with Crippen molar-refractivity contribution in [2.24, 2.45) is 7.05 Å². The number of amides is 2. The number of carbonyl (C=O) groups excluding carboxylic acids is 1. The molecule has 1 heterocycles. The van der Waals surface area contributed by atoms with Crippen LogP contribution in [-0.2, 0) is 13.6 Å². The summed E-state index contributed by atoms with van der Waals surface area (Å²) < 4.78 is 14.7. The van der Waals surface area contributed by atoms with Crippen LogP contribution in [0.3, 0.4) is 0 Å². The van der Waals surface area contributed by atoms with Crippen molar-refractivity contribution in [1.82, 2.24) is 30.6 Å². The van der Waals surface area contributed by atoms with Gasteiger partial charge in [-0.2, -0.15) is 4.80 Å². The summed E-state index contributed by atoms with van der Waals surface area (Å²) in [6.07, 6.45) is 0. The summed E-state index contributed by atoms with van der Waals surface area (Å²) in [6.45, 7) is 3.25. The van der Waals surface area contributed by atoms with Crippen molar-refractivity contribution in [3.63, 3.8) is 0 Å². The number of tetrazole rings is 1. The Morgan fingerprint density at radius 3 is 2.72 bits per heavy atom. The normalized spacial score (nSPS) is 11.0. The van der Waals surface area contributed by atoms with Gasteiger partial charge in [0.05, 0.1) is 18.1 Å². The average Bonchev–Trinajstić information content (AvgIpc) is 3.11. The number of halogens is 2. The maximum absolute atomic E-state index is 14.7. The molecule has 2 N–H and O–H groups in total. The number of aromatic nitrogens is 4. The van der Waals surface area contributed by atoms with Gasteiger partial charge in [-0.1, -0.05) is 35.9 Å². The number of aryl methyl sites for hydroxylation is 1. The van der Waals surface area contributed by atoms with Gasteiger partial charge in [0.2, 0.25) is 5.82 Å². The highest BCUT2D eigenvalue weighted by molar-refractivity contribution is 6.33. The lowest BCUT2D eigenvalue weighted by molar-refractivity contribution is -0.0678. The summed E-state index contributed by atoms with van der Waals surface area (Å²) in [5.74, 6) is -0.170. The van der Waals surface area contributed by atoms with Crippen molar-refractivity contribution in [2.45, 2.75) is 26.4 Å². The number of hydrogen-bond acceptors (Lipinski definition) is 5. The molecule has 3 aromatic rings. The van der Waals surface area contributed by atoms with Gasteiger partial charge in [-0.3, -0.25) is 5.21 Å². The van der Waals surface area contributed by atoms with Gasteiger partial charge in [0.25, 0.3) is 0 Å². The fourth-order valence-corrected chi connectivity index (χ4v) is 2.98. The molecule has 0 bridgehead atoms. The predicted molar refractivity (Wildman–Crippen MR) is 106 cm³/mol. The molecular formula is C19H20ClFN6O2. The second kappa shape index (κ2) is 8.54. The molecular weight excluding hydrogens is 399 g/mol. The predicted octanol–water partition coefficient (Wildman–Crippen LogP) is 3.65. The maximum atomic E-state index is 14.7. The van der Waals surface area contributed by atoms with E-state index in [4.69, 9.17) is 11.6 Å². The molecule has 152 valence electrons. The Labute approximate surface area is 171 Å². The third kappa shape index (κ3) is 4.52. The molecule has 0 aliphatic heterocycles. The van der Waals surface area contributed by atoms with Crippen LogP contribution in [0.2, 0.25) is 5.02 Å². The summed E-state index contributed by atoms with van der Waals surface area (Å²) >= 11 is 6.35. The first-order valence-corrected chi connectivity index (χ1v) is 9.23. The van der Waals surface area contributed by atoms with Crippen LogP contribution in [0.1, 0.15) is 19.4 Å². The van der Waals surface area contributed by atoms with E-state index in [-0.39, 0.29) is 12.1 Å². The molecule has 0 radical (unpaired) electrons. The van der Waals surface area contributed by atoms with Crippen LogP contribution in [0.25, 0.3) is 22.5 Å². The molecule has 10 heteroatoms. The van der Waals surface area contributed by atoms with Gasteiger partial charge < -0.3 is 5.32 Å². The van der Waals surface area contributed by atoms with Gasteiger partial charge in [0.15, 0.2) is 0 Å². The highest BCUT2D eigenvalue weighted by Gasteiger charge is 2.18. The van der Waals surface area contributed by atoms with Crippen LogP contribution in [-0.4, -0.2) is 42.6 Å². The van der Waals surface area contributed by atoms with Crippen molar-refractivity contribution >= 4 is 17.6 Å². The molecule has 8 nitrogen and oxygen atoms in total. The number of hydrogen-bond donors (Lipinski definition) is 2. The minimum atomic E-state index is -0.700. The monoisotopic (exact) mass is 418 g/mol. The van der Waals surface area contributed by atoms with Crippen LogP contribution in [0, 0.1) is 5.82 Å². The molecule has 1 aromatic heterocycles. The first-order chi connectivity index (χ1) is 13.8. The van der Waals surface area contributed by atoms with E-state index in [9.17, 15) is 14.4 Å². The zero-order valence-electron chi connectivity index (χ0n) is 16.1. The van der Waals surface area contributed by atoms with Crippen molar-refractivity contribution < 1.29 is 14.4 Å². The molecule has 0 atom stereocenters. The molecule has 0 aliphatic rings. The van der Waals surface area contributed by atoms with E-state index in [1.807, 2.05) is 0 Å². The largest absolute Gasteiger partial charge is 0.341 e. The summed E-state index contributed by atoms with van der Waals surface area (Å²) in [5.41, 5.74) is 2.06. The number of nitrogens with zero attached hydrogens (tertiary/aromatic N) is 5. The van der Waals surface area contributed by atoms with Gasteiger partial charge in [-0.05, 0) is 42.3 Å². The fourth-order valence-electron chi connectivity index (χ4n) is 2.72. The molecule has 2 amide bonds. The van der Waals surface area contributed by atoms with Crippen molar-refractivity contribution in [3.8, 4) is 22.5 Å². The van der Waals surface area contributed by atoms with Gasteiger partial charge in [0.1, 0.15) is 5.82 Å². The smallest absolute Gasteiger partial charge is 0.332 e. The van der Waals surface area contributed by atoms with Crippen molar-refractivity contribution in [2.75, 3.05) is 0 Å². The first kappa shape index (κ1) is 20.7. The number of rotatable bonds is 5. The first-order valence-electron chi connectivity index (χ1n) is 8.85. The molecule has 3 rings (SSSR count). The third-order valence-corrected chi connectivity index (χ3v) is 4.55. The molecule has 0 unspecified atom stereocenters. The highest BCUT2D eigenvalue weighted by Crippen LogP contribution is 2.36. The number of hydroxylamine groups is 2. The molecule has 29 heavy (non-hydrogen) atoms. The molecule has 0 saturated carbocycles. The molecule has 2 aromatic carbocycles. The zero-order chi connectivity index (χ0) is 21.1. The van der Waals surface area contributed by atoms with Gasteiger partial charge >= 0.3 is 6.03 Å². The van der Waals surface area contributed by atoms with E-state index in [1.165, 1.54) is 10.9 Å². The Kier molecular flexibility index (Phi) is 6.09. The lowest BCUT2D eigenvalue weighted by Crippen LogP contribution is -2.41. The highest BCUT2D eigenvalue weighted by atomic mass is 35.5. The van der Waals surface area contributed by atoms with E-state index >= 15 is 0 Å². The molecule has 0 saturated heterocycles. The molecule has 0 aliphatic carbocycles. The summed E-state index contributed by atoms with van der Waals surface area (Å²) in [4.78, 5) is 13.1. The van der Waals surface area contributed by atoms with Crippen LogP contribution in [0.4, 0.5) is 9.18 Å². The fraction of sp³-hybridized carbons (Fsp3) is 0.263. The second-order valence-corrected chi connectivity index (χ2v) is 7.08. The van der Waals surface area contributed by atoms with Gasteiger partial charge in [-0.25, -0.2) is 14.2 Å². The molecule has 0 spiro atoms. The van der Waals surface area contributed by atoms with E-state index in [2.05, 4.69) is 20.7 Å². The third-order valence-electron chi connectivity index (χ3n) is 4.24.